The number of aliphatic hydroxyl groups excluding tert-OH is 2. The number of halogens is 3. The zero-order chi connectivity index (χ0) is 16.5. The molecule has 7 heteroatoms. The van der Waals surface area contributed by atoms with Gasteiger partial charge in [-0.25, -0.2) is 0 Å². The van der Waals surface area contributed by atoms with Gasteiger partial charge in [-0.2, -0.15) is 13.2 Å². The number of hydrogen-bond acceptors (Lipinski definition) is 4. The average molecular weight is 337 g/mol. The topological polar surface area (TPSA) is 52.5 Å². The molecular weight excluding hydrogens is 315 g/mol. The highest BCUT2D eigenvalue weighted by molar-refractivity contribution is 7.12. The number of piperidine rings is 1. The molecule has 1 fully saturated rings. The second kappa shape index (κ2) is 6.47. The first kappa shape index (κ1) is 17.7. The van der Waals surface area contributed by atoms with Crippen molar-refractivity contribution < 1.29 is 23.4 Å². The Balaban J connectivity index is 2.56. The molecule has 3 N–H and O–H groups in total. The van der Waals surface area contributed by atoms with Crippen LogP contribution in [0.2, 0.25) is 0 Å². The van der Waals surface area contributed by atoms with Gasteiger partial charge < -0.3 is 15.5 Å². The summed E-state index contributed by atoms with van der Waals surface area (Å²) in [4.78, 5) is -0.0489. The summed E-state index contributed by atoms with van der Waals surface area (Å²) in [7, 11) is 0. The number of hydrogen-bond donors (Lipinski definition) is 3. The quantitative estimate of drug-likeness (QED) is 0.792. The molecular formula is C15H22F3NO2S. The molecule has 22 heavy (non-hydrogen) atoms. The van der Waals surface area contributed by atoms with Gasteiger partial charge in [-0.05, 0) is 38.3 Å². The van der Waals surface area contributed by atoms with Crippen molar-refractivity contribution in [2.75, 3.05) is 13.2 Å². The summed E-state index contributed by atoms with van der Waals surface area (Å²) in [6.07, 6.45) is -2.83. The largest absolute Gasteiger partial charge is 0.425 e. The van der Waals surface area contributed by atoms with Crippen LogP contribution in [0.25, 0.3) is 0 Å². The van der Waals surface area contributed by atoms with Gasteiger partial charge in [0.1, 0.15) is 4.88 Å². The van der Waals surface area contributed by atoms with E-state index in [-0.39, 0.29) is 30.0 Å². The molecule has 0 aliphatic carbocycles. The Bertz CT molecular complexity index is 530. The van der Waals surface area contributed by atoms with E-state index in [0.29, 0.717) is 10.4 Å². The lowest BCUT2D eigenvalue weighted by Crippen LogP contribution is -2.43. The van der Waals surface area contributed by atoms with Crippen molar-refractivity contribution >= 4 is 11.3 Å². The van der Waals surface area contributed by atoms with Crippen LogP contribution in [0.3, 0.4) is 0 Å². The molecule has 0 bridgehead atoms. The number of alkyl halides is 3. The molecule has 0 radical (unpaired) electrons. The first-order valence-corrected chi connectivity index (χ1v) is 8.22. The fourth-order valence-corrected chi connectivity index (χ4v) is 4.82. The second-order valence-corrected chi connectivity index (χ2v) is 7.24. The van der Waals surface area contributed by atoms with E-state index in [1.54, 1.807) is 0 Å². The van der Waals surface area contributed by atoms with E-state index in [2.05, 4.69) is 5.32 Å². The zero-order valence-corrected chi connectivity index (χ0v) is 13.6. The molecule has 0 aromatic carbocycles. The Morgan fingerprint density at radius 1 is 1.32 bits per heavy atom. The van der Waals surface area contributed by atoms with Crippen molar-refractivity contribution in [3.05, 3.63) is 20.9 Å². The van der Waals surface area contributed by atoms with Crippen LogP contribution in [-0.2, 0) is 24.6 Å². The van der Waals surface area contributed by atoms with E-state index in [4.69, 9.17) is 0 Å². The lowest BCUT2D eigenvalue weighted by Gasteiger charge is -2.38. The minimum atomic E-state index is -4.47. The predicted molar refractivity (Wildman–Crippen MR) is 80.1 cm³/mol. The third-order valence-electron chi connectivity index (χ3n) is 4.37. The summed E-state index contributed by atoms with van der Waals surface area (Å²) >= 11 is 0.741. The van der Waals surface area contributed by atoms with E-state index in [9.17, 15) is 23.4 Å². The molecule has 3 nitrogen and oxygen atoms in total. The lowest BCUT2D eigenvalue weighted by molar-refractivity contribution is -0.135. The molecule has 1 aliphatic heterocycles. The molecule has 0 saturated carbocycles. The fourth-order valence-electron chi connectivity index (χ4n) is 3.41. The molecule has 2 rings (SSSR count). The van der Waals surface area contributed by atoms with Crippen molar-refractivity contribution in [1.29, 1.82) is 0 Å². The highest BCUT2D eigenvalue weighted by Crippen LogP contribution is 2.48. The summed E-state index contributed by atoms with van der Waals surface area (Å²) < 4.78 is 39.8. The van der Waals surface area contributed by atoms with Crippen LogP contribution >= 0.6 is 11.3 Å². The first-order chi connectivity index (χ1) is 10.2. The summed E-state index contributed by atoms with van der Waals surface area (Å²) in [5.41, 5.74) is 0.0701. The number of aliphatic hydroxyl groups is 2. The van der Waals surface area contributed by atoms with Gasteiger partial charge in [0.25, 0.3) is 0 Å². The summed E-state index contributed by atoms with van der Waals surface area (Å²) in [5, 5.41) is 22.0. The molecule has 126 valence electrons. The van der Waals surface area contributed by atoms with Gasteiger partial charge in [0.15, 0.2) is 0 Å². The molecule has 2 heterocycles. The Labute approximate surface area is 132 Å². The molecule has 1 saturated heterocycles. The molecule has 1 aliphatic rings. The van der Waals surface area contributed by atoms with Gasteiger partial charge in [0, 0.05) is 28.5 Å². The van der Waals surface area contributed by atoms with E-state index >= 15 is 0 Å². The maximum atomic E-state index is 13.3. The van der Waals surface area contributed by atoms with E-state index in [1.807, 2.05) is 13.8 Å². The molecule has 0 amide bonds. The van der Waals surface area contributed by atoms with Crippen LogP contribution in [0.1, 0.15) is 47.6 Å². The molecule has 0 spiro atoms. The van der Waals surface area contributed by atoms with Crippen LogP contribution in [-0.4, -0.2) is 29.4 Å². The molecule has 1 unspecified atom stereocenters. The van der Waals surface area contributed by atoms with Crippen LogP contribution < -0.4 is 5.32 Å². The minimum Gasteiger partial charge on any atom is -0.396 e. The lowest BCUT2D eigenvalue weighted by atomic mass is 9.75. The van der Waals surface area contributed by atoms with Crippen molar-refractivity contribution in [3.8, 4) is 0 Å². The third kappa shape index (κ3) is 3.32. The smallest absolute Gasteiger partial charge is 0.396 e. The number of rotatable bonds is 4. The van der Waals surface area contributed by atoms with Gasteiger partial charge in [-0.15, -0.1) is 11.3 Å². The molecule has 2 atom stereocenters. The standard InChI is InChI=1S/C15H22F3NO2S/c1-9-7-14(2,4-5-19-9)12-10(3-6-20)11(8-21)13(22-12)15(16,17)18/h9,19-21H,3-8H2,1-2H3/t9-,14?/m0/s1. The van der Waals surface area contributed by atoms with Gasteiger partial charge >= 0.3 is 6.18 Å². The van der Waals surface area contributed by atoms with Crippen LogP contribution in [0, 0.1) is 0 Å². The summed E-state index contributed by atoms with van der Waals surface area (Å²) in [6.45, 7) is 3.89. The maximum absolute atomic E-state index is 13.3. The van der Waals surface area contributed by atoms with Crippen molar-refractivity contribution in [2.45, 2.75) is 57.3 Å². The summed E-state index contributed by atoms with van der Waals surface area (Å²) in [5.74, 6) is 0. The fraction of sp³-hybridized carbons (Fsp3) is 0.733. The van der Waals surface area contributed by atoms with Crippen molar-refractivity contribution in [1.82, 2.24) is 5.32 Å². The van der Waals surface area contributed by atoms with E-state index in [0.717, 1.165) is 30.7 Å². The first-order valence-electron chi connectivity index (χ1n) is 7.40. The molecule has 1 aromatic rings. The Kier molecular flexibility index (Phi) is 5.21. The summed E-state index contributed by atoms with van der Waals surface area (Å²) in [6, 6.07) is 0.231. The average Bonchev–Trinajstić information content (AvgIpc) is 2.78. The monoisotopic (exact) mass is 337 g/mol. The minimum absolute atomic E-state index is 0.0611. The number of thiophene rings is 1. The number of nitrogens with one attached hydrogen (secondary N) is 1. The SMILES string of the molecule is C[C@H]1CC(C)(c2sc(C(F)(F)F)c(CO)c2CCO)CCN1. The van der Waals surface area contributed by atoms with Gasteiger partial charge in [0.05, 0.1) is 6.61 Å². The van der Waals surface area contributed by atoms with Crippen LogP contribution in [0.4, 0.5) is 13.2 Å². The van der Waals surface area contributed by atoms with Gasteiger partial charge in [-0.3, -0.25) is 0 Å². The van der Waals surface area contributed by atoms with Crippen molar-refractivity contribution in [3.63, 3.8) is 0 Å². The normalized spacial score (nSPS) is 26.4. The van der Waals surface area contributed by atoms with E-state index < -0.39 is 17.7 Å². The highest BCUT2D eigenvalue weighted by Gasteiger charge is 2.42. The van der Waals surface area contributed by atoms with E-state index in [1.165, 1.54) is 0 Å². The van der Waals surface area contributed by atoms with Crippen LogP contribution in [0.5, 0.6) is 0 Å². The zero-order valence-electron chi connectivity index (χ0n) is 12.8. The Morgan fingerprint density at radius 2 is 2.00 bits per heavy atom. The predicted octanol–water partition coefficient (Wildman–Crippen LogP) is 2.82. The second-order valence-electron chi connectivity index (χ2n) is 6.22. The maximum Gasteiger partial charge on any atom is 0.425 e. The van der Waals surface area contributed by atoms with Gasteiger partial charge in [0.2, 0.25) is 0 Å². The Morgan fingerprint density at radius 3 is 2.50 bits per heavy atom. The Hall–Kier alpha value is -0.630. The van der Waals surface area contributed by atoms with Crippen molar-refractivity contribution in [2.24, 2.45) is 0 Å². The van der Waals surface area contributed by atoms with Gasteiger partial charge in [-0.1, -0.05) is 6.92 Å². The highest BCUT2D eigenvalue weighted by atomic mass is 32.1. The van der Waals surface area contributed by atoms with Crippen LogP contribution in [0.15, 0.2) is 0 Å². The molecule has 1 aromatic heterocycles. The third-order valence-corrected chi connectivity index (χ3v) is 5.99.